The van der Waals surface area contributed by atoms with E-state index in [4.69, 9.17) is 9.47 Å². The maximum absolute atomic E-state index is 11.9. The number of hydrogen-bond donors (Lipinski definition) is 1. The Hall–Kier alpha value is -3.86. The number of nitrogens with one attached hydrogen (secondary N) is 1. The molecule has 0 radical (unpaired) electrons. The molecule has 5 heteroatoms. The fourth-order valence-corrected chi connectivity index (χ4v) is 3.24. The molecule has 1 aromatic heterocycles. The van der Waals surface area contributed by atoms with E-state index in [-0.39, 0.29) is 5.97 Å². The summed E-state index contributed by atoms with van der Waals surface area (Å²) in [7, 11) is 1.38. The van der Waals surface area contributed by atoms with Crippen molar-refractivity contribution in [3.8, 4) is 5.75 Å². The van der Waals surface area contributed by atoms with E-state index >= 15 is 0 Å². The molecule has 0 saturated carbocycles. The number of fused-ring (bicyclic) bond motifs is 1. The number of ether oxygens (including phenoxy) is 2. The lowest BCUT2D eigenvalue weighted by molar-refractivity contribution is 0.0601. The second-order valence-electron chi connectivity index (χ2n) is 6.96. The van der Waals surface area contributed by atoms with Crippen molar-refractivity contribution in [1.82, 2.24) is 4.98 Å². The molecule has 4 aromatic rings. The van der Waals surface area contributed by atoms with E-state index in [0.717, 1.165) is 39.3 Å². The Labute approximate surface area is 175 Å². The van der Waals surface area contributed by atoms with Gasteiger partial charge in [-0.1, -0.05) is 30.3 Å². The van der Waals surface area contributed by atoms with Gasteiger partial charge in [0.2, 0.25) is 0 Å². The van der Waals surface area contributed by atoms with Crippen LogP contribution in [-0.4, -0.2) is 18.1 Å². The fourth-order valence-electron chi connectivity index (χ4n) is 3.24. The average molecular weight is 398 g/mol. The van der Waals surface area contributed by atoms with Gasteiger partial charge in [-0.15, -0.1) is 0 Å². The highest BCUT2D eigenvalue weighted by Gasteiger charge is 2.10. The van der Waals surface area contributed by atoms with Crippen LogP contribution in [0.25, 0.3) is 10.9 Å². The van der Waals surface area contributed by atoms with Crippen molar-refractivity contribution in [1.29, 1.82) is 0 Å². The molecule has 0 saturated heterocycles. The quantitative estimate of drug-likeness (QED) is 0.425. The fraction of sp³-hybridized carbons (Fsp3) is 0.120. The molecule has 0 atom stereocenters. The first kappa shape index (κ1) is 19.5. The lowest BCUT2D eigenvalue weighted by Gasteiger charge is -2.13. The van der Waals surface area contributed by atoms with Crippen molar-refractivity contribution in [3.05, 3.63) is 95.7 Å². The minimum atomic E-state index is -0.372. The number of aromatic nitrogens is 1. The molecule has 4 rings (SSSR count). The van der Waals surface area contributed by atoms with Gasteiger partial charge in [-0.2, -0.15) is 0 Å². The Morgan fingerprint density at radius 3 is 2.47 bits per heavy atom. The van der Waals surface area contributed by atoms with Crippen molar-refractivity contribution >= 4 is 28.2 Å². The van der Waals surface area contributed by atoms with E-state index in [1.165, 1.54) is 7.11 Å². The zero-order valence-corrected chi connectivity index (χ0v) is 16.9. The lowest BCUT2D eigenvalue weighted by atomic mass is 10.1. The Morgan fingerprint density at radius 2 is 1.73 bits per heavy atom. The molecular formula is C25H22N2O3. The largest absolute Gasteiger partial charge is 0.489 e. The normalized spacial score (nSPS) is 10.6. The number of carbonyl (C=O) groups excluding carboxylic acids is 1. The minimum Gasteiger partial charge on any atom is -0.489 e. The highest BCUT2D eigenvalue weighted by Crippen LogP contribution is 2.28. The highest BCUT2D eigenvalue weighted by atomic mass is 16.5. The molecule has 0 spiro atoms. The molecule has 30 heavy (non-hydrogen) atoms. The second kappa shape index (κ2) is 8.66. The Balaban J connectivity index is 1.55. The Bertz CT molecular complexity index is 1170. The zero-order chi connectivity index (χ0) is 20.9. The van der Waals surface area contributed by atoms with Gasteiger partial charge >= 0.3 is 5.97 Å². The van der Waals surface area contributed by atoms with E-state index in [9.17, 15) is 4.79 Å². The number of pyridine rings is 1. The van der Waals surface area contributed by atoms with Crippen LogP contribution in [-0.2, 0) is 11.3 Å². The molecule has 0 amide bonds. The van der Waals surface area contributed by atoms with Crippen molar-refractivity contribution in [2.45, 2.75) is 13.5 Å². The van der Waals surface area contributed by atoms with Gasteiger partial charge < -0.3 is 14.8 Å². The van der Waals surface area contributed by atoms with Gasteiger partial charge in [-0.25, -0.2) is 4.79 Å². The van der Waals surface area contributed by atoms with Crippen LogP contribution in [0.1, 0.15) is 21.6 Å². The first-order valence-electron chi connectivity index (χ1n) is 9.66. The third-order valence-corrected chi connectivity index (χ3v) is 4.74. The van der Waals surface area contributed by atoms with Gasteiger partial charge in [0.1, 0.15) is 12.4 Å². The number of hydrogen-bond acceptors (Lipinski definition) is 5. The predicted octanol–water partition coefficient (Wildman–Crippen LogP) is 5.65. The van der Waals surface area contributed by atoms with E-state index in [1.807, 2.05) is 73.7 Å². The minimum absolute atomic E-state index is 0.372. The maximum Gasteiger partial charge on any atom is 0.337 e. The van der Waals surface area contributed by atoms with Gasteiger partial charge in [0.05, 0.1) is 18.2 Å². The molecule has 0 aliphatic carbocycles. The maximum atomic E-state index is 11.9. The number of rotatable bonds is 6. The standard InChI is InChI=1S/C25H22N2O3/c1-17-14-24(22-15-19(25(28)29-2)8-13-23(22)26-17)27-20-9-11-21(12-10-20)30-16-18-6-4-3-5-7-18/h3-15H,16H2,1-2H3,(H,26,27). The summed E-state index contributed by atoms with van der Waals surface area (Å²) in [4.78, 5) is 16.5. The molecule has 0 aliphatic heterocycles. The third-order valence-electron chi connectivity index (χ3n) is 4.74. The molecule has 3 aromatic carbocycles. The van der Waals surface area contributed by atoms with E-state index in [2.05, 4.69) is 10.3 Å². The van der Waals surface area contributed by atoms with Crippen LogP contribution >= 0.6 is 0 Å². The molecule has 0 fully saturated rings. The summed E-state index contributed by atoms with van der Waals surface area (Å²) in [6, 6.07) is 25.2. The van der Waals surface area contributed by atoms with Gasteiger partial charge in [0.15, 0.2) is 0 Å². The molecule has 0 bridgehead atoms. The molecular weight excluding hydrogens is 376 g/mol. The Morgan fingerprint density at radius 1 is 0.967 bits per heavy atom. The van der Waals surface area contributed by atoms with Crippen LogP contribution in [0, 0.1) is 6.92 Å². The van der Waals surface area contributed by atoms with Crippen LogP contribution in [0.4, 0.5) is 11.4 Å². The molecule has 5 nitrogen and oxygen atoms in total. The molecule has 150 valence electrons. The number of esters is 1. The van der Waals surface area contributed by atoms with E-state index in [1.54, 1.807) is 12.1 Å². The summed E-state index contributed by atoms with van der Waals surface area (Å²) >= 11 is 0. The molecule has 1 heterocycles. The number of benzene rings is 3. The van der Waals surface area contributed by atoms with Gasteiger partial charge in [0, 0.05) is 22.5 Å². The highest BCUT2D eigenvalue weighted by molar-refractivity contribution is 5.99. The van der Waals surface area contributed by atoms with E-state index in [0.29, 0.717) is 12.2 Å². The smallest absolute Gasteiger partial charge is 0.337 e. The van der Waals surface area contributed by atoms with Crippen LogP contribution in [0.15, 0.2) is 78.9 Å². The number of nitrogens with zero attached hydrogens (tertiary/aromatic N) is 1. The number of carbonyl (C=O) groups is 1. The second-order valence-corrected chi connectivity index (χ2v) is 6.96. The van der Waals surface area contributed by atoms with Gasteiger partial charge in [-0.3, -0.25) is 4.98 Å². The monoisotopic (exact) mass is 398 g/mol. The third kappa shape index (κ3) is 4.41. The van der Waals surface area contributed by atoms with Crippen LogP contribution in [0.3, 0.4) is 0 Å². The van der Waals surface area contributed by atoms with Crippen LogP contribution in [0.5, 0.6) is 5.75 Å². The summed E-state index contributed by atoms with van der Waals surface area (Å²) in [5, 5.41) is 4.28. The number of anilines is 2. The summed E-state index contributed by atoms with van der Waals surface area (Å²) in [5.41, 5.74) is 5.11. The zero-order valence-electron chi connectivity index (χ0n) is 16.9. The summed E-state index contributed by atoms with van der Waals surface area (Å²) in [5.74, 6) is 0.427. The first-order chi connectivity index (χ1) is 14.6. The first-order valence-corrected chi connectivity index (χ1v) is 9.66. The lowest BCUT2D eigenvalue weighted by Crippen LogP contribution is -2.02. The summed E-state index contributed by atoms with van der Waals surface area (Å²) in [6.07, 6.45) is 0. The van der Waals surface area contributed by atoms with Crippen molar-refractivity contribution in [2.75, 3.05) is 12.4 Å². The average Bonchev–Trinajstić information content (AvgIpc) is 2.78. The number of methoxy groups -OCH3 is 1. The summed E-state index contributed by atoms with van der Waals surface area (Å²) < 4.78 is 10.7. The molecule has 0 unspecified atom stereocenters. The van der Waals surface area contributed by atoms with Crippen LogP contribution in [0.2, 0.25) is 0 Å². The van der Waals surface area contributed by atoms with Crippen molar-refractivity contribution < 1.29 is 14.3 Å². The predicted molar refractivity (Wildman–Crippen MR) is 118 cm³/mol. The molecule has 1 N–H and O–H groups in total. The van der Waals surface area contributed by atoms with Crippen LogP contribution < -0.4 is 10.1 Å². The number of aryl methyl sites for hydroxylation is 1. The SMILES string of the molecule is COC(=O)c1ccc2nc(C)cc(Nc3ccc(OCc4ccccc4)cc3)c2c1. The van der Waals surface area contributed by atoms with Crippen molar-refractivity contribution in [2.24, 2.45) is 0 Å². The van der Waals surface area contributed by atoms with E-state index < -0.39 is 0 Å². The van der Waals surface area contributed by atoms with Crippen molar-refractivity contribution in [3.63, 3.8) is 0 Å². The van der Waals surface area contributed by atoms with Gasteiger partial charge in [-0.05, 0) is 61.0 Å². The molecule has 0 aliphatic rings. The Kier molecular flexibility index (Phi) is 5.61. The summed E-state index contributed by atoms with van der Waals surface area (Å²) in [6.45, 7) is 2.47. The topological polar surface area (TPSA) is 60.5 Å². The van der Waals surface area contributed by atoms with Gasteiger partial charge in [0.25, 0.3) is 0 Å².